The van der Waals surface area contributed by atoms with E-state index in [1.807, 2.05) is 23.6 Å². The van der Waals surface area contributed by atoms with Crippen LogP contribution in [0.3, 0.4) is 0 Å². The maximum atomic E-state index is 11.5. The molecule has 3 aromatic rings. The molecule has 2 aromatic heterocycles. The van der Waals surface area contributed by atoms with Crippen LogP contribution in [0.4, 0.5) is 0 Å². The summed E-state index contributed by atoms with van der Waals surface area (Å²) in [5.41, 5.74) is 0. The average Bonchev–Trinajstić information content (AvgIpc) is 2.75. The first-order valence-corrected chi connectivity index (χ1v) is 7.28. The van der Waals surface area contributed by atoms with Gasteiger partial charge in [-0.05, 0) is 29.0 Å². The van der Waals surface area contributed by atoms with Crippen molar-refractivity contribution in [3.8, 4) is 0 Å². The zero-order valence-corrected chi connectivity index (χ0v) is 10.3. The van der Waals surface area contributed by atoms with Gasteiger partial charge in [0, 0.05) is 21.7 Å². The van der Waals surface area contributed by atoms with Crippen molar-refractivity contribution in [2.75, 3.05) is 0 Å². The van der Waals surface area contributed by atoms with Gasteiger partial charge < -0.3 is 0 Å². The van der Waals surface area contributed by atoms with Crippen molar-refractivity contribution in [2.24, 2.45) is 5.14 Å². The van der Waals surface area contributed by atoms with Gasteiger partial charge in [-0.3, -0.25) is 0 Å². The zero-order valence-electron chi connectivity index (χ0n) is 8.62. The average molecular weight is 264 g/mol. The summed E-state index contributed by atoms with van der Waals surface area (Å²) < 4.78 is 24.1. The molecule has 2 N–H and O–H groups in total. The summed E-state index contributed by atoms with van der Waals surface area (Å²) in [6, 6.07) is 7.51. The van der Waals surface area contributed by atoms with Gasteiger partial charge in [0.1, 0.15) is 0 Å². The van der Waals surface area contributed by atoms with E-state index in [2.05, 4.69) is 4.98 Å². The number of primary sulfonamides is 1. The molecule has 2 heterocycles. The molecule has 0 aliphatic heterocycles. The minimum absolute atomic E-state index is 0.0565. The number of pyridine rings is 1. The molecule has 1 aromatic carbocycles. The van der Waals surface area contributed by atoms with Gasteiger partial charge in [-0.2, -0.15) is 0 Å². The lowest BCUT2D eigenvalue weighted by Crippen LogP contribution is -2.14. The van der Waals surface area contributed by atoms with Gasteiger partial charge in [-0.25, -0.2) is 18.5 Å². The van der Waals surface area contributed by atoms with E-state index in [1.165, 1.54) is 6.20 Å². The molecule has 0 amide bonds. The zero-order chi connectivity index (χ0) is 12.0. The quantitative estimate of drug-likeness (QED) is 0.731. The number of thiophene rings is 1. The van der Waals surface area contributed by atoms with Gasteiger partial charge in [0.15, 0.2) is 5.03 Å². The monoisotopic (exact) mass is 264 g/mol. The van der Waals surface area contributed by atoms with E-state index in [1.54, 1.807) is 17.4 Å². The summed E-state index contributed by atoms with van der Waals surface area (Å²) >= 11 is 1.56. The predicted molar refractivity (Wildman–Crippen MR) is 68.5 cm³/mol. The Labute approximate surface area is 102 Å². The fraction of sp³-hybridized carbons (Fsp3) is 0. The van der Waals surface area contributed by atoms with E-state index >= 15 is 0 Å². The first kappa shape index (κ1) is 10.6. The SMILES string of the molecule is NS(=O)(=O)c1nccc2ccc3sccc3c12. The molecule has 0 spiro atoms. The van der Waals surface area contributed by atoms with Crippen molar-refractivity contribution in [2.45, 2.75) is 5.03 Å². The second kappa shape index (κ2) is 3.49. The lowest BCUT2D eigenvalue weighted by Gasteiger charge is -2.04. The van der Waals surface area contributed by atoms with Crippen molar-refractivity contribution in [3.05, 3.63) is 35.8 Å². The van der Waals surface area contributed by atoms with Crippen molar-refractivity contribution in [1.82, 2.24) is 4.98 Å². The highest BCUT2D eigenvalue weighted by atomic mass is 32.2. The predicted octanol–water partition coefficient (Wildman–Crippen LogP) is 2.10. The van der Waals surface area contributed by atoms with Crippen molar-refractivity contribution in [3.63, 3.8) is 0 Å². The number of benzene rings is 1. The highest BCUT2D eigenvalue weighted by Gasteiger charge is 2.16. The van der Waals surface area contributed by atoms with E-state index in [0.29, 0.717) is 5.39 Å². The fourth-order valence-corrected chi connectivity index (χ4v) is 3.42. The molecule has 6 heteroatoms. The summed E-state index contributed by atoms with van der Waals surface area (Å²) in [5.74, 6) is 0. The molecule has 3 rings (SSSR count). The van der Waals surface area contributed by atoms with Crippen LogP contribution < -0.4 is 5.14 Å². The largest absolute Gasteiger partial charge is 0.256 e. The van der Waals surface area contributed by atoms with Crippen LogP contribution in [-0.4, -0.2) is 13.4 Å². The number of sulfonamides is 1. The molecule has 0 radical (unpaired) electrons. The van der Waals surface area contributed by atoms with E-state index < -0.39 is 10.0 Å². The molecule has 0 atom stereocenters. The Morgan fingerprint density at radius 3 is 2.76 bits per heavy atom. The molecule has 4 nitrogen and oxygen atoms in total. The van der Waals surface area contributed by atoms with Crippen LogP contribution in [-0.2, 0) is 10.0 Å². The van der Waals surface area contributed by atoms with E-state index in [-0.39, 0.29) is 5.03 Å². The minimum Gasteiger partial charge on any atom is -0.243 e. The molecule has 0 unspecified atom stereocenters. The van der Waals surface area contributed by atoms with Gasteiger partial charge >= 0.3 is 0 Å². The van der Waals surface area contributed by atoms with Crippen molar-refractivity contribution in [1.29, 1.82) is 0 Å². The number of fused-ring (bicyclic) bond motifs is 3. The lowest BCUT2D eigenvalue weighted by atomic mass is 10.1. The standard InChI is InChI=1S/C11H8N2O2S2/c12-17(14,15)11-10-7(3-5-13-11)1-2-9-8(10)4-6-16-9/h1-6H,(H2,12,14,15). The molecular formula is C11H8N2O2S2. The molecule has 0 saturated carbocycles. The fourth-order valence-electron chi connectivity index (χ4n) is 1.90. The molecular weight excluding hydrogens is 256 g/mol. The molecule has 0 bridgehead atoms. The summed E-state index contributed by atoms with van der Waals surface area (Å²) in [5, 5.41) is 9.37. The van der Waals surface area contributed by atoms with Crippen LogP contribution in [0.5, 0.6) is 0 Å². The summed E-state index contributed by atoms with van der Waals surface area (Å²) in [4.78, 5) is 3.90. The van der Waals surface area contributed by atoms with Crippen LogP contribution in [0.15, 0.2) is 40.9 Å². The van der Waals surface area contributed by atoms with E-state index in [9.17, 15) is 8.42 Å². The molecule has 0 saturated heterocycles. The highest BCUT2D eigenvalue weighted by molar-refractivity contribution is 7.89. The second-order valence-electron chi connectivity index (χ2n) is 3.66. The third-order valence-corrected chi connectivity index (χ3v) is 4.33. The Balaban J connectivity index is 2.64. The maximum absolute atomic E-state index is 11.5. The van der Waals surface area contributed by atoms with Crippen LogP contribution >= 0.6 is 11.3 Å². The Bertz CT molecular complexity index is 822. The summed E-state index contributed by atoms with van der Waals surface area (Å²) in [7, 11) is -3.81. The van der Waals surface area contributed by atoms with Crippen molar-refractivity contribution >= 4 is 42.2 Å². The number of nitrogens with zero attached hydrogens (tertiary/aromatic N) is 1. The molecule has 17 heavy (non-hydrogen) atoms. The van der Waals surface area contributed by atoms with E-state index in [4.69, 9.17) is 5.14 Å². The number of hydrogen-bond acceptors (Lipinski definition) is 4. The Morgan fingerprint density at radius 2 is 2.00 bits per heavy atom. The van der Waals surface area contributed by atoms with E-state index in [0.717, 1.165) is 15.5 Å². The number of rotatable bonds is 1. The number of nitrogens with two attached hydrogens (primary N) is 1. The third-order valence-electron chi connectivity index (χ3n) is 2.60. The minimum atomic E-state index is -3.81. The normalized spacial score (nSPS) is 12.3. The summed E-state index contributed by atoms with van der Waals surface area (Å²) in [6.07, 6.45) is 1.46. The smallest absolute Gasteiger partial charge is 0.243 e. The third kappa shape index (κ3) is 1.61. The lowest BCUT2D eigenvalue weighted by molar-refractivity contribution is 0.595. The topological polar surface area (TPSA) is 73.1 Å². The van der Waals surface area contributed by atoms with Crippen LogP contribution in [0.25, 0.3) is 20.9 Å². The van der Waals surface area contributed by atoms with Gasteiger partial charge in [-0.1, -0.05) is 6.07 Å². The Hall–Kier alpha value is -1.50. The second-order valence-corrected chi connectivity index (χ2v) is 6.08. The van der Waals surface area contributed by atoms with Crippen LogP contribution in [0.1, 0.15) is 0 Å². The van der Waals surface area contributed by atoms with Crippen molar-refractivity contribution < 1.29 is 8.42 Å². The van der Waals surface area contributed by atoms with Gasteiger partial charge in [-0.15, -0.1) is 11.3 Å². The van der Waals surface area contributed by atoms with Crippen LogP contribution in [0.2, 0.25) is 0 Å². The highest BCUT2D eigenvalue weighted by Crippen LogP contribution is 2.31. The Morgan fingerprint density at radius 1 is 1.18 bits per heavy atom. The first-order valence-electron chi connectivity index (χ1n) is 4.85. The number of hydrogen-bond donors (Lipinski definition) is 1. The maximum Gasteiger partial charge on any atom is 0.256 e. The molecule has 0 aliphatic rings. The first-order chi connectivity index (χ1) is 8.07. The molecule has 86 valence electrons. The Kier molecular flexibility index (Phi) is 2.19. The van der Waals surface area contributed by atoms with Gasteiger partial charge in [0.2, 0.25) is 0 Å². The van der Waals surface area contributed by atoms with Gasteiger partial charge in [0.25, 0.3) is 10.0 Å². The van der Waals surface area contributed by atoms with Gasteiger partial charge in [0.05, 0.1) is 0 Å². The summed E-state index contributed by atoms with van der Waals surface area (Å²) in [6.45, 7) is 0. The van der Waals surface area contributed by atoms with Crippen LogP contribution in [0, 0.1) is 0 Å². The number of aromatic nitrogens is 1. The molecule has 0 fully saturated rings. The molecule has 0 aliphatic carbocycles.